The van der Waals surface area contributed by atoms with Gasteiger partial charge in [-0.2, -0.15) is 0 Å². The van der Waals surface area contributed by atoms with Gasteiger partial charge in [0.1, 0.15) is 0 Å². The van der Waals surface area contributed by atoms with Gasteiger partial charge in [-0.15, -0.1) is 0 Å². The minimum atomic E-state index is 1.03. The highest BCUT2D eigenvalue weighted by atomic mass is 15.1. The van der Waals surface area contributed by atoms with E-state index in [9.17, 15) is 0 Å². The minimum Gasteiger partial charge on any atom is -0.299 e. The fraction of sp³-hybridized carbons (Fsp3) is 0.600. The van der Waals surface area contributed by atoms with Gasteiger partial charge in [-0.25, -0.2) is 0 Å². The third-order valence-electron chi connectivity index (χ3n) is 2.11. The van der Waals surface area contributed by atoms with Gasteiger partial charge < -0.3 is 0 Å². The summed E-state index contributed by atoms with van der Waals surface area (Å²) < 4.78 is 0. The van der Waals surface area contributed by atoms with E-state index in [2.05, 4.69) is 43.6 Å². The summed E-state index contributed by atoms with van der Waals surface area (Å²) in [6, 6.07) is 0. The highest BCUT2D eigenvalue weighted by Gasteiger charge is 2.01. The predicted octanol–water partition coefficient (Wildman–Crippen LogP) is 4.43. The molecule has 0 aliphatic heterocycles. The van der Waals surface area contributed by atoms with Crippen LogP contribution in [-0.4, -0.2) is 24.5 Å². The molecule has 0 amide bonds. The molecule has 0 atom stereocenters. The molecular weight excluding hydrogens is 194 g/mol. The van der Waals surface area contributed by atoms with Gasteiger partial charge in [0, 0.05) is 6.54 Å². The maximum atomic E-state index is 3.73. The lowest BCUT2D eigenvalue weighted by molar-refractivity contribution is 0.315. The van der Waals surface area contributed by atoms with E-state index in [4.69, 9.17) is 0 Å². The Bertz CT molecular complexity index is 201. The van der Waals surface area contributed by atoms with Crippen molar-refractivity contribution in [2.45, 2.75) is 41.0 Å². The molecule has 0 bridgehead atoms. The highest BCUT2D eigenvalue weighted by Crippen LogP contribution is 2.02. The molecule has 0 aliphatic rings. The van der Waals surface area contributed by atoms with Crippen LogP contribution in [0.3, 0.4) is 0 Å². The summed E-state index contributed by atoms with van der Waals surface area (Å²) in [6.07, 6.45) is 9.38. The Labute approximate surface area is 103 Å². The van der Waals surface area contributed by atoms with Crippen molar-refractivity contribution in [1.82, 2.24) is 4.90 Å². The fourth-order valence-corrected chi connectivity index (χ4v) is 1.45. The third-order valence-corrected chi connectivity index (χ3v) is 2.11. The van der Waals surface area contributed by atoms with Crippen molar-refractivity contribution >= 4 is 0 Å². The Hall–Kier alpha value is -0.820. The number of hydrogen-bond acceptors (Lipinski definition) is 1. The van der Waals surface area contributed by atoms with Crippen LogP contribution < -0.4 is 0 Å². The van der Waals surface area contributed by atoms with E-state index >= 15 is 0 Å². The van der Waals surface area contributed by atoms with Crippen molar-refractivity contribution in [3.8, 4) is 0 Å². The topological polar surface area (TPSA) is 3.24 Å². The molecule has 0 unspecified atom stereocenters. The molecule has 94 valence electrons. The van der Waals surface area contributed by atoms with Crippen LogP contribution >= 0.6 is 0 Å². The smallest absolute Gasteiger partial charge is 0.0233 e. The molecule has 0 aliphatic carbocycles. The molecule has 0 fully saturated rings. The Morgan fingerprint density at radius 1 is 1.25 bits per heavy atom. The van der Waals surface area contributed by atoms with E-state index in [0.717, 1.165) is 13.1 Å². The van der Waals surface area contributed by atoms with Gasteiger partial charge in [0.25, 0.3) is 0 Å². The second-order valence-corrected chi connectivity index (χ2v) is 3.35. The standard InChI is InChI=1S/C13H23N.C2H6/c1-5-9-13(10-6-2)12-14(8-4)11-7-3;1-2/h5-6,9-10H,1,7-8,11-12H2,2-4H3;1-2H3/b10-6-,13-9+;. The second-order valence-electron chi connectivity index (χ2n) is 3.35. The summed E-state index contributed by atoms with van der Waals surface area (Å²) in [5.74, 6) is 0. The summed E-state index contributed by atoms with van der Waals surface area (Å²) in [7, 11) is 0. The van der Waals surface area contributed by atoms with E-state index in [-0.39, 0.29) is 0 Å². The first-order valence-corrected chi connectivity index (χ1v) is 6.45. The predicted molar refractivity (Wildman–Crippen MR) is 76.8 cm³/mol. The maximum Gasteiger partial charge on any atom is 0.0233 e. The van der Waals surface area contributed by atoms with Gasteiger partial charge in [-0.1, -0.05) is 58.6 Å². The zero-order chi connectivity index (χ0) is 12.8. The maximum absolute atomic E-state index is 3.73. The summed E-state index contributed by atoms with van der Waals surface area (Å²) in [6.45, 7) is 17.5. The quantitative estimate of drug-likeness (QED) is 0.577. The SMILES string of the molecule is C=C/C=C(\C=C/C)CN(CC)CCC.CC. The Kier molecular flexibility index (Phi) is 15.6. The van der Waals surface area contributed by atoms with Gasteiger partial charge >= 0.3 is 0 Å². The van der Waals surface area contributed by atoms with Crippen molar-refractivity contribution in [1.29, 1.82) is 0 Å². The third kappa shape index (κ3) is 9.72. The lowest BCUT2D eigenvalue weighted by atomic mass is 10.2. The first kappa shape index (κ1) is 17.6. The molecule has 1 nitrogen and oxygen atoms in total. The van der Waals surface area contributed by atoms with Crippen LogP contribution in [0.5, 0.6) is 0 Å². The second kappa shape index (κ2) is 14.2. The number of nitrogens with zero attached hydrogens (tertiary/aromatic N) is 1. The monoisotopic (exact) mass is 223 g/mol. The number of likely N-dealkylation sites (N-methyl/N-ethyl adjacent to an activating group) is 1. The van der Waals surface area contributed by atoms with Crippen molar-refractivity contribution in [3.63, 3.8) is 0 Å². The van der Waals surface area contributed by atoms with E-state index in [1.54, 1.807) is 0 Å². The fourth-order valence-electron chi connectivity index (χ4n) is 1.45. The van der Waals surface area contributed by atoms with Gasteiger partial charge in [-0.05, 0) is 32.0 Å². The van der Waals surface area contributed by atoms with Gasteiger partial charge in [0.2, 0.25) is 0 Å². The molecule has 0 radical (unpaired) electrons. The number of allylic oxidation sites excluding steroid dienone is 3. The largest absolute Gasteiger partial charge is 0.299 e. The molecule has 0 aromatic heterocycles. The molecule has 0 saturated heterocycles. The molecule has 0 heterocycles. The summed E-state index contributed by atoms with van der Waals surface area (Å²) >= 11 is 0. The normalized spacial score (nSPS) is 11.5. The first-order chi connectivity index (χ1) is 7.78. The molecule has 1 heteroatoms. The van der Waals surface area contributed by atoms with Crippen LogP contribution in [0.25, 0.3) is 0 Å². The van der Waals surface area contributed by atoms with E-state index in [0.29, 0.717) is 0 Å². The highest BCUT2D eigenvalue weighted by molar-refractivity contribution is 5.24. The van der Waals surface area contributed by atoms with Crippen molar-refractivity contribution < 1.29 is 0 Å². The van der Waals surface area contributed by atoms with Crippen molar-refractivity contribution in [3.05, 3.63) is 36.5 Å². The van der Waals surface area contributed by atoms with Gasteiger partial charge in [0.05, 0.1) is 0 Å². The Morgan fingerprint density at radius 2 is 1.88 bits per heavy atom. The summed E-state index contributed by atoms with van der Waals surface area (Å²) in [5, 5.41) is 0. The van der Waals surface area contributed by atoms with Crippen molar-refractivity contribution in [2.75, 3.05) is 19.6 Å². The molecule has 0 spiro atoms. The van der Waals surface area contributed by atoms with E-state index in [1.807, 2.05) is 26.8 Å². The zero-order valence-electron chi connectivity index (χ0n) is 11.8. The zero-order valence-corrected chi connectivity index (χ0v) is 11.8. The van der Waals surface area contributed by atoms with Crippen LogP contribution in [-0.2, 0) is 0 Å². The van der Waals surface area contributed by atoms with Gasteiger partial charge in [0.15, 0.2) is 0 Å². The first-order valence-electron chi connectivity index (χ1n) is 6.45. The molecule has 0 aromatic carbocycles. The van der Waals surface area contributed by atoms with E-state index < -0.39 is 0 Å². The van der Waals surface area contributed by atoms with Crippen LogP contribution in [0.1, 0.15) is 41.0 Å². The average Bonchev–Trinajstić information content (AvgIpc) is 2.31. The molecular formula is C15H29N. The van der Waals surface area contributed by atoms with Crippen LogP contribution in [0.4, 0.5) is 0 Å². The molecule has 16 heavy (non-hydrogen) atoms. The van der Waals surface area contributed by atoms with Gasteiger partial charge in [-0.3, -0.25) is 4.90 Å². The molecule has 0 N–H and O–H groups in total. The lowest BCUT2D eigenvalue weighted by Gasteiger charge is -2.19. The van der Waals surface area contributed by atoms with E-state index in [1.165, 1.54) is 18.5 Å². The molecule has 0 saturated carbocycles. The average molecular weight is 223 g/mol. The molecule has 0 aromatic rings. The number of hydrogen-bond donors (Lipinski definition) is 0. The van der Waals surface area contributed by atoms with Crippen LogP contribution in [0, 0.1) is 0 Å². The lowest BCUT2D eigenvalue weighted by Crippen LogP contribution is -2.26. The minimum absolute atomic E-state index is 1.03. The Morgan fingerprint density at radius 3 is 2.25 bits per heavy atom. The Balaban J connectivity index is 0. The molecule has 0 rings (SSSR count). The number of rotatable bonds is 7. The summed E-state index contributed by atoms with van der Waals surface area (Å²) in [4.78, 5) is 2.44. The van der Waals surface area contributed by atoms with Crippen LogP contribution in [0.15, 0.2) is 36.5 Å². The van der Waals surface area contributed by atoms with Crippen molar-refractivity contribution in [2.24, 2.45) is 0 Å². The summed E-state index contributed by atoms with van der Waals surface area (Å²) in [5.41, 5.74) is 1.33. The van der Waals surface area contributed by atoms with Crippen LogP contribution in [0.2, 0.25) is 0 Å².